The Morgan fingerprint density at radius 1 is 1.35 bits per heavy atom. The lowest BCUT2D eigenvalue weighted by atomic mass is 10.0. The summed E-state index contributed by atoms with van der Waals surface area (Å²) in [6, 6.07) is 6.24. The van der Waals surface area contributed by atoms with E-state index in [1.54, 1.807) is 12.1 Å². The second-order valence-corrected chi connectivity index (χ2v) is 5.08. The molecule has 0 aromatic heterocycles. The van der Waals surface area contributed by atoms with Crippen molar-refractivity contribution in [3.63, 3.8) is 0 Å². The van der Waals surface area contributed by atoms with Gasteiger partial charge in [0.15, 0.2) is 5.17 Å². The Hall–Kier alpha value is -1.95. The normalized spacial score (nSPS) is 13.9. The molecule has 1 aromatic carbocycles. The number of nitrogens with zero attached hydrogens (tertiary/aromatic N) is 1. The summed E-state index contributed by atoms with van der Waals surface area (Å²) < 4.78 is 37.8. The summed E-state index contributed by atoms with van der Waals surface area (Å²) in [6.07, 6.45) is 2.45. The first-order valence-electron chi connectivity index (χ1n) is 6.81. The second kappa shape index (κ2) is 8.62. The number of allylic oxidation sites excluding steroid dienone is 1. The zero-order valence-corrected chi connectivity index (χ0v) is 13.8. The van der Waals surface area contributed by atoms with E-state index in [4.69, 9.17) is 16.3 Å². The lowest BCUT2D eigenvalue weighted by Gasteiger charge is -2.19. The third-order valence-electron chi connectivity index (χ3n) is 3.08. The number of methoxy groups -OCH3 is 2. The molecule has 0 aliphatic heterocycles. The van der Waals surface area contributed by atoms with Gasteiger partial charge < -0.3 is 9.47 Å². The topological polar surface area (TPSA) is 47.9 Å². The number of rotatable bonds is 7. The van der Waals surface area contributed by atoms with Gasteiger partial charge in [-0.1, -0.05) is 30.7 Å². The Labute approximate surface area is 138 Å². The van der Waals surface area contributed by atoms with Crippen LogP contribution in [0.25, 0.3) is 0 Å². The molecule has 0 heterocycles. The lowest BCUT2D eigenvalue weighted by Crippen LogP contribution is -2.31. The van der Waals surface area contributed by atoms with Crippen LogP contribution in [0.15, 0.2) is 41.4 Å². The van der Waals surface area contributed by atoms with Gasteiger partial charge in [0.2, 0.25) is 0 Å². The SMILES string of the molecule is COC(=O)C/C=C/C(C)C(F)(F)C(Cl)=Nc1ccc(OC)cc1. The Morgan fingerprint density at radius 3 is 2.48 bits per heavy atom. The molecule has 7 heteroatoms. The average molecular weight is 346 g/mol. The van der Waals surface area contributed by atoms with Gasteiger partial charge in [0.1, 0.15) is 5.75 Å². The molecule has 0 spiro atoms. The van der Waals surface area contributed by atoms with E-state index in [2.05, 4.69) is 9.73 Å². The van der Waals surface area contributed by atoms with Crippen molar-refractivity contribution in [2.24, 2.45) is 10.9 Å². The van der Waals surface area contributed by atoms with Gasteiger partial charge in [-0.2, -0.15) is 8.78 Å². The summed E-state index contributed by atoms with van der Waals surface area (Å²) >= 11 is 5.69. The number of esters is 1. The van der Waals surface area contributed by atoms with Crippen LogP contribution in [0.3, 0.4) is 0 Å². The van der Waals surface area contributed by atoms with Crippen molar-refractivity contribution >= 4 is 28.4 Å². The van der Waals surface area contributed by atoms with E-state index in [0.717, 1.165) is 0 Å². The number of ether oxygens (including phenoxy) is 2. The fraction of sp³-hybridized carbons (Fsp3) is 0.375. The molecule has 0 aliphatic rings. The molecular weight excluding hydrogens is 328 g/mol. The van der Waals surface area contributed by atoms with E-state index < -0.39 is 23.0 Å². The van der Waals surface area contributed by atoms with Crippen LogP contribution < -0.4 is 4.74 Å². The number of alkyl halides is 2. The van der Waals surface area contributed by atoms with Crippen LogP contribution in [0.1, 0.15) is 13.3 Å². The highest BCUT2D eigenvalue weighted by Crippen LogP contribution is 2.31. The lowest BCUT2D eigenvalue weighted by molar-refractivity contribution is -0.139. The van der Waals surface area contributed by atoms with Gasteiger partial charge in [0.25, 0.3) is 0 Å². The van der Waals surface area contributed by atoms with Crippen LogP contribution in [0.5, 0.6) is 5.75 Å². The summed E-state index contributed by atoms with van der Waals surface area (Å²) in [4.78, 5) is 14.7. The van der Waals surface area contributed by atoms with Crippen LogP contribution in [-0.2, 0) is 9.53 Å². The predicted octanol–water partition coefficient (Wildman–Crippen LogP) is 4.35. The first kappa shape index (κ1) is 19.1. The molecular formula is C16H18ClF2NO3. The number of halogens is 3. The first-order chi connectivity index (χ1) is 10.8. The maximum Gasteiger partial charge on any atom is 0.309 e. The van der Waals surface area contributed by atoms with Gasteiger partial charge in [-0.15, -0.1) is 0 Å². The van der Waals surface area contributed by atoms with Crippen molar-refractivity contribution in [2.75, 3.05) is 14.2 Å². The molecule has 1 aromatic rings. The van der Waals surface area contributed by atoms with E-state index in [1.165, 1.54) is 45.4 Å². The van der Waals surface area contributed by atoms with Gasteiger partial charge in [-0.05, 0) is 24.3 Å². The molecule has 0 amide bonds. The van der Waals surface area contributed by atoms with Crippen LogP contribution in [0, 0.1) is 5.92 Å². The Morgan fingerprint density at radius 2 is 1.96 bits per heavy atom. The summed E-state index contributed by atoms with van der Waals surface area (Å²) in [5.74, 6) is -4.49. The Balaban J connectivity index is 2.83. The molecule has 0 radical (unpaired) electrons. The molecule has 1 atom stereocenters. The zero-order chi connectivity index (χ0) is 17.5. The smallest absolute Gasteiger partial charge is 0.309 e. The standard InChI is InChI=1S/C16H18ClF2NO3/c1-11(5-4-6-14(21)23-3)16(18,19)15(17)20-12-7-9-13(22-2)10-8-12/h4-5,7-11H,6H2,1-3H3/b5-4+,20-15?. The minimum atomic E-state index is -3.35. The molecule has 0 saturated heterocycles. The average Bonchev–Trinajstić information content (AvgIpc) is 2.54. The molecule has 1 unspecified atom stereocenters. The van der Waals surface area contributed by atoms with Crippen molar-refractivity contribution in [1.29, 1.82) is 0 Å². The molecule has 0 N–H and O–H groups in total. The Kier molecular flexibility index (Phi) is 7.16. The highest BCUT2D eigenvalue weighted by molar-refractivity contribution is 6.67. The molecule has 0 bridgehead atoms. The van der Waals surface area contributed by atoms with Gasteiger partial charge >= 0.3 is 11.9 Å². The fourth-order valence-electron chi connectivity index (χ4n) is 1.61. The van der Waals surface area contributed by atoms with E-state index in [0.29, 0.717) is 11.4 Å². The third-order valence-corrected chi connectivity index (χ3v) is 3.42. The number of hydrogen-bond donors (Lipinski definition) is 0. The first-order valence-corrected chi connectivity index (χ1v) is 7.19. The van der Waals surface area contributed by atoms with Crippen molar-refractivity contribution in [1.82, 2.24) is 0 Å². The third kappa shape index (κ3) is 5.63. The maximum atomic E-state index is 14.2. The molecule has 0 fully saturated rings. The molecule has 1 rings (SSSR count). The van der Waals surface area contributed by atoms with E-state index >= 15 is 0 Å². The predicted molar refractivity (Wildman–Crippen MR) is 85.8 cm³/mol. The maximum absolute atomic E-state index is 14.2. The minimum Gasteiger partial charge on any atom is -0.497 e. The van der Waals surface area contributed by atoms with E-state index in [1.807, 2.05) is 0 Å². The molecule has 0 aliphatic carbocycles. The van der Waals surface area contributed by atoms with Crippen molar-refractivity contribution in [2.45, 2.75) is 19.3 Å². The van der Waals surface area contributed by atoms with Crippen molar-refractivity contribution < 1.29 is 23.0 Å². The number of benzene rings is 1. The minimum absolute atomic E-state index is 0.0792. The molecule has 0 saturated carbocycles. The van der Waals surface area contributed by atoms with Gasteiger partial charge in [0, 0.05) is 5.92 Å². The quantitative estimate of drug-likeness (QED) is 0.419. The Bertz CT molecular complexity index is 585. The summed E-state index contributed by atoms with van der Waals surface area (Å²) in [5, 5.41) is -0.821. The van der Waals surface area contributed by atoms with Gasteiger partial charge in [-0.3, -0.25) is 4.79 Å². The van der Waals surface area contributed by atoms with Crippen molar-refractivity contribution in [3.8, 4) is 5.75 Å². The van der Waals surface area contributed by atoms with Gasteiger partial charge in [0.05, 0.1) is 26.3 Å². The fourth-order valence-corrected chi connectivity index (χ4v) is 1.87. The van der Waals surface area contributed by atoms with E-state index in [-0.39, 0.29) is 6.42 Å². The van der Waals surface area contributed by atoms with Crippen LogP contribution in [0.4, 0.5) is 14.5 Å². The van der Waals surface area contributed by atoms with Gasteiger partial charge in [-0.25, -0.2) is 4.99 Å². The number of hydrogen-bond acceptors (Lipinski definition) is 4. The van der Waals surface area contributed by atoms with E-state index in [9.17, 15) is 13.6 Å². The number of carbonyl (C=O) groups excluding carboxylic acids is 1. The molecule has 4 nitrogen and oxygen atoms in total. The number of carbonyl (C=O) groups is 1. The summed E-state index contributed by atoms with van der Waals surface area (Å²) in [7, 11) is 2.73. The van der Waals surface area contributed by atoms with Crippen LogP contribution >= 0.6 is 11.6 Å². The molecule has 23 heavy (non-hydrogen) atoms. The highest BCUT2D eigenvalue weighted by Gasteiger charge is 2.40. The molecule has 126 valence electrons. The highest BCUT2D eigenvalue weighted by atomic mass is 35.5. The second-order valence-electron chi connectivity index (χ2n) is 4.72. The van der Waals surface area contributed by atoms with Crippen molar-refractivity contribution in [3.05, 3.63) is 36.4 Å². The monoisotopic (exact) mass is 345 g/mol. The summed E-state index contributed by atoms with van der Waals surface area (Å²) in [6.45, 7) is 1.29. The van der Waals surface area contributed by atoms with Crippen LogP contribution in [-0.4, -0.2) is 31.3 Å². The van der Waals surface area contributed by atoms with Crippen LogP contribution in [0.2, 0.25) is 0 Å². The summed E-state index contributed by atoms with van der Waals surface area (Å²) in [5.41, 5.74) is 0.293. The largest absolute Gasteiger partial charge is 0.497 e. The number of aliphatic imine (C=N–C) groups is 1. The zero-order valence-electron chi connectivity index (χ0n) is 13.1.